The molecule has 0 saturated heterocycles. The molecule has 1 heterocycles. The Morgan fingerprint density at radius 1 is 1.35 bits per heavy atom. The third-order valence-electron chi connectivity index (χ3n) is 2.69. The molecule has 0 radical (unpaired) electrons. The van der Waals surface area contributed by atoms with E-state index in [9.17, 15) is 5.11 Å². The summed E-state index contributed by atoms with van der Waals surface area (Å²) >= 11 is 5.84. The van der Waals surface area contributed by atoms with Crippen LogP contribution in [-0.2, 0) is 13.1 Å². The topological polar surface area (TPSA) is 37.2 Å². The van der Waals surface area contributed by atoms with Gasteiger partial charge in [-0.2, -0.15) is 0 Å². The van der Waals surface area contributed by atoms with Crippen molar-refractivity contribution >= 4 is 17.3 Å². The van der Waals surface area contributed by atoms with Crippen molar-refractivity contribution in [2.45, 2.75) is 20.0 Å². The number of aryl methyl sites for hydroxylation is 1. The van der Waals surface area contributed by atoms with Crippen LogP contribution in [0.3, 0.4) is 0 Å². The zero-order valence-electron chi connectivity index (χ0n) is 9.65. The van der Waals surface area contributed by atoms with Gasteiger partial charge in [0.05, 0.1) is 11.6 Å². The van der Waals surface area contributed by atoms with Gasteiger partial charge in [0.15, 0.2) is 0 Å². The number of aromatic hydroxyl groups is 1. The van der Waals surface area contributed by atoms with E-state index in [0.717, 1.165) is 18.8 Å². The predicted octanol–water partition coefficient (Wildman–Crippen LogP) is 3.48. The molecule has 2 N–H and O–H groups in total. The first-order valence-corrected chi connectivity index (χ1v) is 5.95. The van der Waals surface area contributed by atoms with E-state index < -0.39 is 0 Å². The van der Waals surface area contributed by atoms with Gasteiger partial charge in [0, 0.05) is 24.1 Å². The molecule has 0 fully saturated rings. The number of aromatic nitrogens is 1. The van der Waals surface area contributed by atoms with Gasteiger partial charge < -0.3 is 15.0 Å². The number of halogens is 1. The molecule has 0 spiro atoms. The monoisotopic (exact) mass is 250 g/mol. The molecule has 0 atom stereocenters. The lowest BCUT2D eigenvalue weighted by molar-refractivity contribution is 0.475. The van der Waals surface area contributed by atoms with E-state index >= 15 is 0 Å². The summed E-state index contributed by atoms with van der Waals surface area (Å²) in [4.78, 5) is 0. The van der Waals surface area contributed by atoms with Gasteiger partial charge in [-0.25, -0.2) is 0 Å². The fourth-order valence-electron chi connectivity index (χ4n) is 1.73. The summed E-state index contributed by atoms with van der Waals surface area (Å²) in [6.07, 6.45) is 2.06. The summed E-state index contributed by atoms with van der Waals surface area (Å²) in [6.45, 7) is 3.81. The van der Waals surface area contributed by atoms with Crippen molar-refractivity contribution < 1.29 is 5.11 Å². The third-order valence-corrected chi connectivity index (χ3v) is 2.99. The molecule has 0 aliphatic heterocycles. The molecule has 2 rings (SSSR count). The molecule has 0 aliphatic carbocycles. The standard InChI is InChI=1S/C13H15ClN2O/c1-2-16-7-3-4-11(16)9-15-10-5-6-13(17)12(14)8-10/h3-8,15,17H,2,9H2,1H3. The second-order valence-corrected chi connectivity index (χ2v) is 4.21. The second kappa shape index (κ2) is 5.15. The van der Waals surface area contributed by atoms with Crippen molar-refractivity contribution in [3.63, 3.8) is 0 Å². The van der Waals surface area contributed by atoms with Gasteiger partial charge in [-0.05, 0) is 37.3 Å². The molecule has 17 heavy (non-hydrogen) atoms. The largest absolute Gasteiger partial charge is 0.506 e. The van der Waals surface area contributed by atoms with E-state index in [1.165, 1.54) is 5.69 Å². The molecule has 1 aromatic heterocycles. The maximum atomic E-state index is 9.31. The number of nitrogens with one attached hydrogen (secondary N) is 1. The van der Waals surface area contributed by atoms with Gasteiger partial charge in [-0.1, -0.05) is 11.6 Å². The number of phenolic OH excluding ortho intramolecular Hbond substituents is 1. The van der Waals surface area contributed by atoms with Crippen LogP contribution in [0.25, 0.3) is 0 Å². The van der Waals surface area contributed by atoms with Crippen LogP contribution in [0, 0.1) is 0 Å². The first-order valence-electron chi connectivity index (χ1n) is 5.57. The van der Waals surface area contributed by atoms with Crippen LogP contribution >= 0.6 is 11.6 Å². The van der Waals surface area contributed by atoms with Gasteiger partial charge in [-0.15, -0.1) is 0 Å². The number of hydrogen-bond acceptors (Lipinski definition) is 2. The minimum Gasteiger partial charge on any atom is -0.506 e. The van der Waals surface area contributed by atoms with Crippen molar-refractivity contribution in [2.24, 2.45) is 0 Å². The lowest BCUT2D eigenvalue weighted by Crippen LogP contribution is -2.05. The maximum absolute atomic E-state index is 9.31. The fourth-order valence-corrected chi connectivity index (χ4v) is 1.91. The van der Waals surface area contributed by atoms with E-state index in [1.807, 2.05) is 6.07 Å². The van der Waals surface area contributed by atoms with E-state index in [0.29, 0.717) is 5.02 Å². The van der Waals surface area contributed by atoms with E-state index in [1.54, 1.807) is 18.2 Å². The second-order valence-electron chi connectivity index (χ2n) is 3.81. The van der Waals surface area contributed by atoms with E-state index in [2.05, 4.69) is 29.1 Å². The highest BCUT2D eigenvalue weighted by atomic mass is 35.5. The molecule has 1 aromatic carbocycles. The van der Waals surface area contributed by atoms with Crippen LogP contribution in [0.1, 0.15) is 12.6 Å². The Hall–Kier alpha value is -1.61. The molecular formula is C13H15ClN2O. The highest BCUT2D eigenvalue weighted by Crippen LogP contribution is 2.26. The van der Waals surface area contributed by atoms with Gasteiger partial charge in [0.2, 0.25) is 0 Å². The van der Waals surface area contributed by atoms with Crippen LogP contribution in [0.15, 0.2) is 36.5 Å². The number of hydrogen-bond donors (Lipinski definition) is 2. The highest BCUT2D eigenvalue weighted by molar-refractivity contribution is 6.32. The number of anilines is 1. The van der Waals surface area contributed by atoms with Gasteiger partial charge in [0.1, 0.15) is 5.75 Å². The summed E-state index contributed by atoms with van der Waals surface area (Å²) in [5.41, 5.74) is 2.12. The van der Waals surface area contributed by atoms with Gasteiger partial charge in [-0.3, -0.25) is 0 Å². The van der Waals surface area contributed by atoms with Crippen molar-refractivity contribution in [1.29, 1.82) is 0 Å². The predicted molar refractivity (Wildman–Crippen MR) is 70.5 cm³/mol. The zero-order valence-corrected chi connectivity index (χ0v) is 10.4. The summed E-state index contributed by atoms with van der Waals surface area (Å²) in [5, 5.41) is 12.9. The van der Waals surface area contributed by atoms with Crippen LogP contribution in [-0.4, -0.2) is 9.67 Å². The summed E-state index contributed by atoms with van der Waals surface area (Å²) in [7, 11) is 0. The Labute approximate surface area is 106 Å². The van der Waals surface area contributed by atoms with Crippen LogP contribution in [0.4, 0.5) is 5.69 Å². The summed E-state index contributed by atoms with van der Waals surface area (Å²) in [6, 6.07) is 9.23. The van der Waals surface area contributed by atoms with E-state index in [-0.39, 0.29) is 5.75 Å². The Kier molecular flexibility index (Phi) is 3.59. The van der Waals surface area contributed by atoms with Crippen molar-refractivity contribution in [1.82, 2.24) is 4.57 Å². The quantitative estimate of drug-likeness (QED) is 0.816. The lowest BCUT2D eigenvalue weighted by Gasteiger charge is -2.09. The first kappa shape index (κ1) is 11.9. The maximum Gasteiger partial charge on any atom is 0.134 e. The van der Waals surface area contributed by atoms with Crippen LogP contribution < -0.4 is 5.32 Å². The molecule has 3 nitrogen and oxygen atoms in total. The SMILES string of the molecule is CCn1cccc1CNc1ccc(O)c(Cl)c1. The molecule has 0 unspecified atom stereocenters. The van der Waals surface area contributed by atoms with Crippen LogP contribution in [0.2, 0.25) is 5.02 Å². The third kappa shape index (κ3) is 2.74. The Bertz CT molecular complexity index is 508. The molecule has 0 bridgehead atoms. The number of nitrogens with zero attached hydrogens (tertiary/aromatic N) is 1. The average molecular weight is 251 g/mol. The van der Waals surface area contributed by atoms with Crippen molar-refractivity contribution in [2.75, 3.05) is 5.32 Å². The number of benzene rings is 1. The smallest absolute Gasteiger partial charge is 0.134 e. The molecule has 0 saturated carbocycles. The summed E-state index contributed by atoms with van der Waals surface area (Å²) < 4.78 is 2.18. The molecular weight excluding hydrogens is 236 g/mol. The fraction of sp³-hybridized carbons (Fsp3) is 0.231. The first-order chi connectivity index (χ1) is 8.20. The Morgan fingerprint density at radius 3 is 2.88 bits per heavy atom. The molecule has 0 amide bonds. The minimum atomic E-state index is 0.106. The van der Waals surface area contributed by atoms with Gasteiger partial charge in [0.25, 0.3) is 0 Å². The van der Waals surface area contributed by atoms with Crippen molar-refractivity contribution in [3.8, 4) is 5.75 Å². The molecule has 90 valence electrons. The van der Waals surface area contributed by atoms with Crippen molar-refractivity contribution in [3.05, 3.63) is 47.2 Å². The normalized spacial score (nSPS) is 10.5. The Morgan fingerprint density at radius 2 is 2.18 bits per heavy atom. The number of rotatable bonds is 4. The number of phenols is 1. The lowest BCUT2D eigenvalue weighted by atomic mass is 10.3. The molecule has 4 heteroatoms. The molecule has 2 aromatic rings. The Balaban J connectivity index is 2.05. The average Bonchev–Trinajstić information content (AvgIpc) is 2.78. The minimum absolute atomic E-state index is 0.106. The molecule has 0 aliphatic rings. The highest BCUT2D eigenvalue weighted by Gasteiger charge is 2.01. The van der Waals surface area contributed by atoms with Crippen LogP contribution in [0.5, 0.6) is 5.75 Å². The summed E-state index contributed by atoms with van der Waals surface area (Å²) in [5.74, 6) is 0.106. The van der Waals surface area contributed by atoms with E-state index in [4.69, 9.17) is 11.6 Å². The zero-order chi connectivity index (χ0) is 12.3. The van der Waals surface area contributed by atoms with Gasteiger partial charge >= 0.3 is 0 Å².